The topological polar surface area (TPSA) is 109 Å². The van der Waals surface area contributed by atoms with Crippen molar-refractivity contribution >= 4 is 12.1 Å². The van der Waals surface area contributed by atoms with Gasteiger partial charge in [0.2, 0.25) is 0 Å². The Morgan fingerprint density at radius 3 is 2.65 bits per heavy atom. The summed E-state index contributed by atoms with van der Waals surface area (Å²) in [7, 11) is 0. The molecule has 1 N–H and O–H groups in total. The van der Waals surface area contributed by atoms with Gasteiger partial charge in [-0.3, -0.25) is 9.59 Å². The van der Waals surface area contributed by atoms with Crippen molar-refractivity contribution in [2.45, 2.75) is 20.8 Å². The largest absolute Gasteiger partial charge is 0.494 e. The van der Waals surface area contributed by atoms with Gasteiger partial charge in [-0.25, -0.2) is 5.43 Å². The third-order valence-electron chi connectivity index (χ3n) is 4.48. The Balaban J connectivity index is 1.89. The van der Waals surface area contributed by atoms with Crippen LogP contribution in [-0.2, 0) is 0 Å². The second-order valence-electron chi connectivity index (χ2n) is 6.72. The average molecular weight is 415 g/mol. The number of rotatable bonds is 6. The zero-order valence-electron chi connectivity index (χ0n) is 17.4. The number of hydrogen-bond acceptors (Lipinski definition) is 6. The monoisotopic (exact) mass is 415 g/mol. The van der Waals surface area contributed by atoms with Gasteiger partial charge in [0.05, 0.1) is 18.5 Å². The van der Waals surface area contributed by atoms with E-state index < -0.39 is 11.5 Å². The lowest BCUT2D eigenvalue weighted by atomic mass is 10.1. The molecule has 0 spiro atoms. The number of nitriles is 1. The molecule has 1 heterocycles. The number of amides is 1. The van der Waals surface area contributed by atoms with E-state index in [-0.39, 0.29) is 16.8 Å². The molecule has 3 rings (SSSR count). The Bertz CT molecular complexity index is 1240. The van der Waals surface area contributed by atoms with Crippen molar-refractivity contribution in [3.05, 3.63) is 86.8 Å². The molecule has 0 saturated carbocycles. The van der Waals surface area contributed by atoms with E-state index in [1.807, 2.05) is 26.0 Å². The Morgan fingerprint density at radius 1 is 1.26 bits per heavy atom. The van der Waals surface area contributed by atoms with E-state index in [9.17, 15) is 14.9 Å². The summed E-state index contributed by atoms with van der Waals surface area (Å²) < 4.78 is 6.44. The minimum atomic E-state index is -0.627. The SMILES string of the molecule is CCOc1ccc(/C=N/NC(=O)c2nn(-c3cccc(C)c3)c(=O)c(C#N)c2C)cc1. The number of nitrogens with one attached hydrogen (secondary N) is 1. The number of aromatic nitrogens is 2. The molecule has 31 heavy (non-hydrogen) atoms. The van der Waals surface area contributed by atoms with Gasteiger partial charge in [0, 0.05) is 5.56 Å². The molecular formula is C23H21N5O3. The van der Waals surface area contributed by atoms with E-state index in [1.165, 1.54) is 13.1 Å². The smallest absolute Gasteiger partial charge is 0.292 e. The van der Waals surface area contributed by atoms with Gasteiger partial charge in [-0.2, -0.15) is 20.1 Å². The van der Waals surface area contributed by atoms with Crippen LogP contribution in [0.4, 0.5) is 0 Å². The van der Waals surface area contributed by atoms with Crippen molar-refractivity contribution in [1.29, 1.82) is 5.26 Å². The third-order valence-corrected chi connectivity index (χ3v) is 4.48. The maximum Gasteiger partial charge on any atom is 0.292 e. The standard InChI is InChI=1S/C23H21N5O3/c1-4-31-19-10-8-17(9-11-19)14-25-26-22(29)21-16(3)20(13-24)23(30)28(27-21)18-7-5-6-15(2)12-18/h5-12,14H,4H2,1-3H3,(H,26,29)/b25-14+. The number of carbonyl (C=O) groups excluding carboxylic acids is 1. The van der Waals surface area contributed by atoms with Crippen molar-refractivity contribution in [2.75, 3.05) is 6.61 Å². The molecule has 2 aromatic carbocycles. The van der Waals surface area contributed by atoms with Crippen LogP contribution in [0.1, 0.15) is 39.7 Å². The molecule has 0 saturated heterocycles. The molecule has 8 heteroatoms. The summed E-state index contributed by atoms with van der Waals surface area (Å²) in [6.07, 6.45) is 1.48. The second-order valence-corrected chi connectivity index (χ2v) is 6.72. The molecule has 0 fully saturated rings. The maximum atomic E-state index is 12.7. The van der Waals surface area contributed by atoms with Gasteiger partial charge in [-0.1, -0.05) is 12.1 Å². The van der Waals surface area contributed by atoms with Gasteiger partial charge in [0.15, 0.2) is 5.69 Å². The molecular weight excluding hydrogens is 394 g/mol. The minimum Gasteiger partial charge on any atom is -0.494 e. The number of hydrogen-bond donors (Lipinski definition) is 1. The zero-order chi connectivity index (χ0) is 22.4. The highest BCUT2D eigenvalue weighted by Gasteiger charge is 2.20. The predicted octanol–water partition coefficient (Wildman–Crippen LogP) is 2.88. The van der Waals surface area contributed by atoms with Crippen LogP contribution in [0.2, 0.25) is 0 Å². The van der Waals surface area contributed by atoms with Gasteiger partial charge in [0.25, 0.3) is 11.5 Å². The Kier molecular flexibility index (Phi) is 6.58. The molecule has 0 unspecified atom stereocenters. The van der Waals surface area contributed by atoms with Crippen LogP contribution >= 0.6 is 0 Å². The van der Waals surface area contributed by atoms with E-state index in [2.05, 4.69) is 15.6 Å². The molecule has 8 nitrogen and oxygen atoms in total. The van der Waals surface area contributed by atoms with Crippen LogP contribution < -0.4 is 15.7 Å². The first-order valence-corrected chi connectivity index (χ1v) is 9.62. The molecule has 0 aliphatic heterocycles. The van der Waals surface area contributed by atoms with Gasteiger partial charge in [-0.15, -0.1) is 0 Å². The summed E-state index contributed by atoms with van der Waals surface area (Å²) in [6.45, 7) is 5.86. The lowest BCUT2D eigenvalue weighted by molar-refractivity contribution is 0.0947. The summed E-state index contributed by atoms with van der Waals surface area (Å²) >= 11 is 0. The maximum absolute atomic E-state index is 12.7. The van der Waals surface area contributed by atoms with Gasteiger partial charge < -0.3 is 4.74 Å². The highest BCUT2D eigenvalue weighted by Crippen LogP contribution is 2.12. The van der Waals surface area contributed by atoms with Crippen LogP contribution in [0.5, 0.6) is 5.75 Å². The molecule has 0 aliphatic carbocycles. The third kappa shape index (κ3) is 4.85. The van der Waals surface area contributed by atoms with Gasteiger partial charge in [-0.05, 0) is 68.3 Å². The molecule has 156 valence electrons. The number of benzene rings is 2. The van der Waals surface area contributed by atoms with E-state index in [1.54, 1.807) is 42.5 Å². The van der Waals surface area contributed by atoms with Crippen LogP contribution in [0.3, 0.4) is 0 Å². The van der Waals surface area contributed by atoms with Crippen molar-refractivity contribution in [3.63, 3.8) is 0 Å². The summed E-state index contributed by atoms with van der Waals surface area (Å²) in [5.74, 6) is 0.114. The van der Waals surface area contributed by atoms with Crippen LogP contribution in [-0.4, -0.2) is 28.5 Å². The molecule has 3 aromatic rings. The fraction of sp³-hybridized carbons (Fsp3) is 0.174. The Hall–Kier alpha value is -4.25. The van der Waals surface area contributed by atoms with E-state index in [0.717, 1.165) is 21.6 Å². The van der Waals surface area contributed by atoms with E-state index in [0.29, 0.717) is 12.3 Å². The Labute approximate surface area is 179 Å². The van der Waals surface area contributed by atoms with Crippen molar-refractivity contribution in [3.8, 4) is 17.5 Å². The highest BCUT2D eigenvalue weighted by atomic mass is 16.5. The van der Waals surface area contributed by atoms with Crippen molar-refractivity contribution < 1.29 is 9.53 Å². The van der Waals surface area contributed by atoms with E-state index >= 15 is 0 Å². The average Bonchev–Trinajstić information content (AvgIpc) is 2.75. The van der Waals surface area contributed by atoms with E-state index in [4.69, 9.17) is 4.74 Å². The molecule has 1 amide bonds. The molecule has 1 aromatic heterocycles. The summed E-state index contributed by atoms with van der Waals surface area (Å²) in [4.78, 5) is 25.4. The van der Waals surface area contributed by atoms with Crippen molar-refractivity contribution in [2.24, 2.45) is 5.10 Å². The predicted molar refractivity (Wildman–Crippen MR) is 117 cm³/mol. The number of carbonyl (C=O) groups is 1. The molecule has 0 radical (unpaired) electrons. The first kappa shape index (κ1) is 21.5. The number of nitrogens with zero attached hydrogens (tertiary/aromatic N) is 4. The van der Waals surface area contributed by atoms with Crippen LogP contribution in [0, 0.1) is 25.2 Å². The van der Waals surface area contributed by atoms with Crippen LogP contribution in [0.25, 0.3) is 5.69 Å². The number of aryl methyl sites for hydroxylation is 1. The highest BCUT2D eigenvalue weighted by molar-refractivity contribution is 5.94. The summed E-state index contributed by atoms with van der Waals surface area (Å²) in [6, 6.07) is 16.2. The lowest BCUT2D eigenvalue weighted by Gasteiger charge is -2.11. The number of hydrazone groups is 1. The molecule has 0 aliphatic rings. The first-order chi connectivity index (χ1) is 14.9. The van der Waals surface area contributed by atoms with Crippen LogP contribution in [0.15, 0.2) is 58.4 Å². The first-order valence-electron chi connectivity index (χ1n) is 9.62. The zero-order valence-corrected chi connectivity index (χ0v) is 17.4. The van der Waals surface area contributed by atoms with Gasteiger partial charge in [0.1, 0.15) is 17.4 Å². The molecule has 0 atom stereocenters. The lowest BCUT2D eigenvalue weighted by Crippen LogP contribution is -2.31. The fourth-order valence-corrected chi connectivity index (χ4v) is 2.92. The van der Waals surface area contributed by atoms with Gasteiger partial charge >= 0.3 is 0 Å². The quantitative estimate of drug-likeness (QED) is 0.492. The fourth-order valence-electron chi connectivity index (χ4n) is 2.92. The Morgan fingerprint density at radius 2 is 2.00 bits per heavy atom. The minimum absolute atomic E-state index is 0.0542. The van der Waals surface area contributed by atoms with Crippen molar-refractivity contribution in [1.82, 2.24) is 15.2 Å². The number of ether oxygens (including phenoxy) is 1. The normalized spacial score (nSPS) is 10.6. The molecule has 0 bridgehead atoms. The summed E-state index contributed by atoms with van der Waals surface area (Å²) in [5, 5.41) is 17.6. The summed E-state index contributed by atoms with van der Waals surface area (Å²) in [5.41, 5.74) is 3.96. The second kappa shape index (κ2) is 9.50.